The molecule has 1 atom stereocenters. The number of carbonyl (C=O) groups is 2. The number of esters is 1. The molecule has 0 aromatic heterocycles. The summed E-state index contributed by atoms with van der Waals surface area (Å²) in [6.45, 7) is 2.05. The highest BCUT2D eigenvalue weighted by atomic mass is 79.9. The van der Waals surface area contributed by atoms with Gasteiger partial charge in [0, 0.05) is 4.47 Å². The first-order valence-corrected chi connectivity index (χ1v) is 8.69. The lowest BCUT2D eigenvalue weighted by Crippen LogP contribution is -2.31. The Kier molecular flexibility index (Phi) is 7.01. The minimum Gasteiger partial charge on any atom is -0.497 e. The molecule has 0 spiro atoms. The van der Waals surface area contributed by atoms with Gasteiger partial charge in [-0.3, -0.25) is 9.59 Å². The normalized spacial score (nSPS) is 11.5. The number of amides is 1. The fourth-order valence-corrected chi connectivity index (χ4v) is 2.79. The maximum Gasteiger partial charge on any atom is 0.308 e. The summed E-state index contributed by atoms with van der Waals surface area (Å²) in [5.74, 6) is -0.0831. The molecule has 0 saturated heterocycles. The third kappa shape index (κ3) is 5.32. The zero-order valence-electron chi connectivity index (χ0n) is 14.1. The van der Waals surface area contributed by atoms with Crippen LogP contribution in [-0.2, 0) is 9.53 Å². The number of hydrogen-bond donors (Lipinski definition) is 1. The lowest BCUT2D eigenvalue weighted by Gasteiger charge is -2.19. The van der Waals surface area contributed by atoms with E-state index in [0.717, 1.165) is 5.56 Å². The Bertz CT molecular complexity index is 733. The fourth-order valence-electron chi connectivity index (χ4n) is 2.37. The third-order valence-electron chi connectivity index (χ3n) is 3.60. The smallest absolute Gasteiger partial charge is 0.308 e. The van der Waals surface area contributed by atoms with E-state index in [1.54, 1.807) is 32.2 Å². The number of rotatable bonds is 7. The molecule has 0 fully saturated rings. The minimum atomic E-state index is -0.481. The predicted molar refractivity (Wildman–Crippen MR) is 98.6 cm³/mol. The monoisotopic (exact) mass is 405 g/mol. The molecule has 132 valence electrons. The number of hydrogen-bond acceptors (Lipinski definition) is 4. The van der Waals surface area contributed by atoms with Crippen LogP contribution in [0.3, 0.4) is 0 Å². The van der Waals surface area contributed by atoms with Crippen LogP contribution in [0.5, 0.6) is 5.75 Å². The fraction of sp³-hybridized carbons (Fsp3) is 0.263. The van der Waals surface area contributed by atoms with E-state index in [4.69, 9.17) is 9.47 Å². The first-order chi connectivity index (χ1) is 12.0. The maximum absolute atomic E-state index is 12.7. The van der Waals surface area contributed by atoms with Crippen LogP contribution in [0.25, 0.3) is 0 Å². The quantitative estimate of drug-likeness (QED) is 0.709. The Labute approximate surface area is 155 Å². The zero-order valence-corrected chi connectivity index (χ0v) is 15.7. The van der Waals surface area contributed by atoms with Gasteiger partial charge in [-0.1, -0.05) is 30.3 Å². The summed E-state index contributed by atoms with van der Waals surface area (Å²) in [4.78, 5) is 24.6. The highest BCUT2D eigenvalue weighted by molar-refractivity contribution is 9.10. The van der Waals surface area contributed by atoms with Crippen molar-refractivity contribution < 1.29 is 19.1 Å². The summed E-state index contributed by atoms with van der Waals surface area (Å²) in [5, 5.41) is 2.91. The average molecular weight is 406 g/mol. The molecule has 0 bridgehead atoms. The zero-order chi connectivity index (χ0) is 18.2. The van der Waals surface area contributed by atoms with E-state index in [1.807, 2.05) is 30.3 Å². The van der Waals surface area contributed by atoms with Crippen molar-refractivity contribution in [3.05, 3.63) is 64.1 Å². The van der Waals surface area contributed by atoms with Gasteiger partial charge in [-0.2, -0.15) is 0 Å². The van der Waals surface area contributed by atoms with Gasteiger partial charge in [0.1, 0.15) is 5.75 Å². The van der Waals surface area contributed by atoms with Crippen molar-refractivity contribution in [3.8, 4) is 5.75 Å². The summed E-state index contributed by atoms with van der Waals surface area (Å²) in [7, 11) is 1.54. The molecule has 5 nitrogen and oxygen atoms in total. The van der Waals surface area contributed by atoms with E-state index >= 15 is 0 Å². The second-order valence-electron chi connectivity index (χ2n) is 5.29. The molecule has 0 saturated carbocycles. The van der Waals surface area contributed by atoms with Gasteiger partial charge in [0.15, 0.2) is 0 Å². The summed E-state index contributed by atoms with van der Waals surface area (Å²) in [5.41, 5.74) is 1.27. The van der Waals surface area contributed by atoms with E-state index in [1.165, 1.54) is 0 Å². The third-order valence-corrected chi connectivity index (χ3v) is 4.29. The molecule has 2 aromatic rings. The lowest BCUT2D eigenvalue weighted by atomic mass is 10.0. The van der Waals surface area contributed by atoms with E-state index in [9.17, 15) is 9.59 Å². The number of carbonyl (C=O) groups excluding carboxylic acids is 2. The number of nitrogens with one attached hydrogen (secondary N) is 1. The average Bonchev–Trinajstić information content (AvgIpc) is 2.62. The second-order valence-corrected chi connectivity index (χ2v) is 6.15. The van der Waals surface area contributed by atoms with Crippen molar-refractivity contribution in [1.29, 1.82) is 0 Å². The molecular formula is C19H20BrNO4. The van der Waals surface area contributed by atoms with Crippen LogP contribution in [-0.4, -0.2) is 25.6 Å². The van der Waals surface area contributed by atoms with Crippen LogP contribution in [0.15, 0.2) is 53.0 Å². The van der Waals surface area contributed by atoms with Crippen molar-refractivity contribution in [2.45, 2.75) is 19.4 Å². The summed E-state index contributed by atoms with van der Waals surface area (Å²) < 4.78 is 10.8. The van der Waals surface area contributed by atoms with Crippen LogP contribution in [0.4, 0.5) is 0 Å². The van der Waals surface area contributed by atoms with Gasteiger partial charge in [0.2, 0.25) is 0 Å². The van der Waals surface area contributed by atoms with Crippen molar-refractivity contribution >= 4 is 27.8 Å². The topological polar surface area (TPSA) is 64.6 Å². The number of methoxy groups -OCH3 is 1. The van der Waals surface area contributed by atoms with Crippen molar-refractivity contribution in [2.24, 2.45) is 0 Å². The van der Waals surface area contributed by atoms with Gasteiger partial charge < -0.3 is 14.8 Å². The van der Waals surface area contributed by atoms with Crippen LogP contribution in [0.1, 0.15) is 35.3 Å². The Hall–Kier alpha value is -2.34. The molecule has 1 amide bonds. The summed E-state index contributed by atoms with van der Waals surface area (Å²) in [6, 6.07) is 14.0. The molecule has 0 aliphatic heterocycles. The van der Waals surface area contributed by atoms with E-state index in [2.05, 4.69) is 21.2 Å². The van der Waals surface area contributed by atoms with E-state index in [-0.39, 0.29) is 18.3 Å². The van der Waals surface area contributed by atoms with Gasteiger partial charge in [-0.25, -0.2) is 0 Å². The summed E-state index contributed by atoms with van der Waals surface area (Å²) in [6.07, 6.45) is 0.0607. The largest absolute Gasteiger partial charge is 0.497 e. The van der Waals surface area contributed by atoms with Crippen molar-refractivity contribution in [1.82, 2.24) is 5.32 Å². The van der Waals surface area contributed by atoms with Crippen LogP contribution >= 0.6 is 15.9 Å². The molecule has 0 radical (unpaired) electrons. The molecule has 6 heteroatoms. The Balaban J connectivity index is 2.23. The molecule has 0 unspecified atom stereocenters. The standard InChI is InChI=1S/C19H20BrNO4/c1-3-25-18(22)12-17(13-7-5-4-6-8-13)21-19(23)15-11-14(24-2)9-10-16(15)20/h4-11,17H,3,12H2,1-2H3,(H,21,23)/t17-/m0/s1. The minimum absolute atomic E-state index is 0.0607. The van der Waals surface area contributed by atoms with Crippen LogP contribution in [0, 0.1) is 0 Å². The molecule has 2 rings (SSSR count). The lowest BCUT2D eigenvalue weighted by molar-refractivity contribution is -0.143. The number of benzene rings is 2. The van der Waals surface area contributed by atoms with Crippen molar-refractivity contribution in [3.63, 3.8) is 0 Å². The van der Waals surface area contributed by atoms with E-state index < -0.39 is 6.04 Å². The van der Waals surface area contributed by atoms with Gasteiger partial charge in [0.25, 0.3) is 5.91 Å². The molecule has 0 aliphatic carbocycles. The number of ether oxygens (including phenoxy) is 2. The maximum atomic E-state index is 12.7. The van der Waals surface area contributed by atoms with Gasteiger partial charge in [-0.05, 0) is 46.6 Å². The van der Waals surface area contributed by atoms with Crippen LogP contribution in [0.2, 0.25) is 0 Å². The SMILES string of the molecule is CCOC(=O)C[C@H](NC(=O)c1cc(OC)ccc1Br)c1ccccc1. The molecule has 2 aromatic carbocycles. The molecule has 25 heavy (non-hydrogen) atoms. The Morgan fingerprint density at radius 3 is 2.52 bits per heavy atom. The molecule has 0 heterocycles. The molecule has 1 N–H and O–H groups in total. The molecular weight excluding hydrogens is 386 g/mol. The van der Waals surface area contributed by atoms with Crippen LogP contribution < -0.4 is 10.1 Å². The highest BCUT2D eigenvalue weighted by Crippen LogP contribution is 2.24. The highest BCUT2D eigenvalue weighted by Gasteiger charge is 2.21. The van der Waals surface area contributed by atoms with Crippen molar-refractivity contribution in [2.75, 3.05) is 13.7 Å². The Morgan fingerprint density at radius 1 is 1.16 bits per heavy atom. The van der Waals surface area contributed by atoms with E-state index in [0.29, 0.717) is 22.4 Å². The van der Waals surface area contributed by atoms with Gasteiger partial charge in [-0.15, -0.1) is 0 Å². The van der Waals surface area contributed by atoms with Gasteiger partial charge >= 0.3 is 5.97 Å². The van der Waals surface area contributed by atoms with Gasteiger partial charge in [0.05, 0.1) is 31.7 Å². The summed E-state index contributed by atoms with van der Waals surface area (Å²) >= 11 is 3.37. The second kappa shape index (κ2) is 9.22. The Morgan fingerprint density at radius 2 is 1.88 bits per heavy atom. The first kappa shape index (κ1) is 19.0. The number of halogens is 1. The predicted octanol–water partition coefficient (Wildman–Crippen LogP) is 3.88. The molecule has 0 aliphatic rings. The first-order valence-electron chi connectivity index (χ1n) is 7.90.